The molecule has 1 rings (SSSR count). The number of hydrogen-bond donors (Lipinski definition) is 0. The van der Waals surface area contributed by atoms with Gasteiger partial charge in [-0.3, -0.25) is 0 Å². The lowest BCUT2D eigenvalue weighted by Gasteiger charge is -2.09. The highest BCUT2D eigenvalue weighted by Gasteiger charge is 2.23. The molecule has 0 fully saturated rings. The lowest BCUT2D eigenvalue weighted by atomic mass is 10.2. The van der Waals surface area contributed by atoms with Crippen molar-refractivity contribution >= 4 is 42.1 Å². The van der Waals surface area contributed by atoms with Crippen molar-refractivity contribution in [1.82, 2.24) is 0 Å². The highest BCUT2D eigenvalue weighted by atomic mass is 79.9. The van der Waals surface area contributed by atoms with Gasteiger partial charge < -0.3 is 0 Å². The van der Waals surface area contributed by atoms with Crippen LogP contribution in [0.1, 0.15) is 17.7 Å². The predicted octanol–water partition coefficient (Wildman–Crippen LogP) is 3.57. The van der Waals surface area contributed by atoms with E-state index in [2.05, 4.69) is 31.9 Å². The van der Waals surface area contributed by atoms with Crippen LogP contribution in [0.2, 0.25) is 0 Å². The van der Waals surface area contributed by atoms with E-state index in [0.717, 1.165) is 4.47 Å². The van der Waals surface area contributed by atoms with E-state index in [4.69, 9.17) is 0 Å². The summed E-state index contributed by atoms with van der Waals surface area (Å²) in [7, 11) is -4.54. The maximum atomic E-state index is 12.7. The van der Waals surface area contributed by atoms with E-state index < -0.39 is 15.5 Å². The van der Waals surface area contributed by atoms with E-state index in [1.165, 1.54) is 6.92 Å². The van der Waals surface area contributed by atoms with Gasteiger partial charge in [0.15, 0.2) is 0 Å². The Labute approximate surface area is 99.0 Å². The lowest BCUT2D eigenvalue weighted by molar-refractivity contribution is 0.540. The van der Waals surface area contributed by atoms with Crippen molar-refractivity contribution in [2.75, 3.05) is 0 Å². The van der Waals surface area contributed by atoms with Crippen LogP contribution in [0.5, 0.6) is 0 Å². The number of hydrogen-bond acceptors (Lipinski definition) is 2. The molecule has 0 radical (unpaired) electrons. The molecular formula is C8H7Br2FO2S. The van der Waals surface area contributed by atoms with Crippen LogP contribution >= 0.6 is 31.9 Å². The molecule has 0 heterocycles. The zero-order valence-corrected chi connectivity index (χ0v) is 11.2. The SMILES string of the molecule is CC(c1ccc(Br)cc1Br)S(=O)(=O)F. The molecule has 0 spiro atoms. The van der Waals surface area contributed by atoms with Gasteiger partial charge >= 0.3 is 10.2 Å². The third-order valence-corrected chi connectivity index (χ3v) is 4.10. The molecular weight excluding hydrogens is 339 g/mol. The molecule has 1 aromatic carbocycles. The van der Waals surface area contributed by atoms with Crippen LogP contribution in [0.25, 0.3) is 0 Å². The largest absolute Gasteiger partial charge is 0.309 e. The molecule has 0 saturated heterocycles. The van der Waals surface area contributed by atoms with Crippen LogP contribution in [0.3, 0.4) is 0 Å². The summed E-state index contributed by atoms with van der Waals surface area (Å²) in [6.45, 7) is 1.31. The zero-order valence-electron chi connectivity index (χ0n) is 7.17. The van der Waals surface area contributed by atoms with Gasteiger partial charge in [0, 0.05) is 8.95 Å². The maximum absolute atomic E-state index is 12.7. The number of rotatable bonds is 2. The van der Waals surface area contributed by atoms with Crippen molar-refractivity contribution < 1.29 is 12.3 Å². The molecule has 2 nitrogen and oxygen atoms in total. The normalized spacial score (nSPS) is 14.0. The molecule has 1 atom stereocenters. The summed E-state index contributed by atoms with van der Waals surface area (Å²) in [6.07, 6.45) is 0. The molecule has 1 unspecified atom stereocenters. The lowest BCUT2D eigenvalue weighted by Crippen LogP contribution is -2.04. The first-order valence-corrected chi connectivity index (χ1v) is 6.74. The Morgan fingerprint density at radius 3 is 2.36 bits per heavy atom. The van der Waals surface area contributed by atoms with Crippen molar-refractivity contribution in [3.63, 3.8) is 0 Å². The van der Waals surface area contributed by atoms with Gasteiger partial charge in [-0.2, -0.15) is 8.42 Å². The highest BCUT2D eigenvalue weighted by molar-refractivity contribution is 9.11. The fourth-order valence-electron chi connectivity index (χ4n) is 0.983. The summed E-state index contributed by atoms with van der Waals surface area (Å²) >= 11 is 6.40. The molecule has 78 valence electrons. The number of benzene rings is 1. The standard InChI is InChI=1S/C8H7Br2FO2S/c1-5(14(11,12)13)7-3-2-6(9)4-8(7)10/h2-5H,1H3. The number of halogens is 3. The van der Waals surface area contributed by atoms with Crippen molar-refractivity contribution in [2.45, 2.75) is 12.2 Å². The molecule has 0 N–H and O–H groups in total. The van der Waals surface area contributed by atoms with Crippen LogP contribution in [0.15, 0.2) is 27.1 Å². The summed E-state index contributed by atoms with van der Waals surface area (Å²) in [5, 5.41) is -1.15. The monoisotopic (exact) mass is 344 g/mol. The topological polar surface area (TPSA) is 34.1 Å². The first-order valence-electron chi connectivity index (χ1n) is 3.71. The third-order valence-electron chi connectivity index (χ3n) is 1.82. The van der Waals surface area contributed by atoms with Crippen molar-refractivity contribution in [3.05, 3.63) is 32.7 Å². The van der Waals surface area contributed by atoms with E-state index in [-0.39, 0.29) is 0 Å². The minimum absolute atomic E-state index is 0.413. The molecule has 0 aliphatic carbocycles. The third kappa shape index (κ3) is 2.77. The van der Waals surface area contributed by atoms with Crippen LogP contribution in [0, 0.1) is 0 Å². The summed E-state index contributed by atoms with van der Waals surface area (Å²) in [4.78, 5) is 0. The van der Waals surface area contributed by atoms with Crippen molar-refractivity contribution in [2.24, 2.45) is 0 Å². The van der Waals surface area contributed by atoms with Gasteiger partial charge in [-0.15, -0.1) is 3.89 Å². The average molecular weight is 346 g/mol. The van der Waals surface area contributed by atoms with Gasteiger partial charge in [0.05, 0.1) is 0 Å². The Morgan fingerprint density at radius 2 is 1.93 bits per heavy atom. The van der Waals surface area contributed by atoms with Gasteiger partial charge in [-0.25, -0.2) is 0 Å². The van der Waals surface area contributed by atoms with Gasteiger partial charge in [-0.05, 0) is 24.6 Å². The molecule has 6 heteroatoms. The Kier molecular flexibility index (Phi) is 3.71. The molecule has 0 amide bonds. The zero-order chi connectivity index (χ0) is 10.9. The molecule has 0 aromatic heterocycles. The second-order valence-corrected chi connectivity index (χ2v) is 6.21. The molecule has 0 aliphatic rings. The first-order chi connectivity index (χ1) is 6.32. The van der Waals surface area contributed by atoms with Gasteiger partial charge in [0.2, 0.25) is 0 Å². The van der Waals surface area contributed by atoms with E-state index in [0.29, 0.717) is 10.0 Å². The highest BCUT2D eigenvalue weighted by Crippen LogP contribution is 2.31. The molecule has 1 aromatic rings. The van der Waals surface area contributed by atoms with Crippen LogP contribution in [-0.4, -0.2) is 8.42 Å². The summed E-state index contributed by atoms with van der Waals surface area (Å²) in [5.74, 6) is 0. The predicted molar refractivity (Wildman–Crippen MR) is 60.3 cm³/mol. The van der Waals surface area contributed by atoms with Crippen LogP contribution in [0.4, 0.5) is 3.89 Å². The molecule has 0 saturated carbocycles. The van der Waals surface area contributed by atoms with Crippen LogP contribution in [-0.2, 0) is 10.2 Å². The molecule has 0 aliphatic heterocycles. The average Bonchev–Trinajstić information content (AvgIpc) is 2.01. The smallest absolute Gasteiger partial charge is 0.194 e. The first kappa shape index (κ1) is 12.1. The van der Waals surface area contributed by atoms with E-state index >= 15 is 0 Å². The van der Waals surface area contributed by atoms with E-state index in [1.807, 2.05) is 0 Å². The Balaban J connectivity index is 3.21. The van der Waals surface area contributed by atoms with Crippen LogP contribution < -0.4 is 0 Å². The Hall–Kier alpha value is 0.0600. The minimum Gasteiger partial charge on any atom is -0.194 e. The van der Waals surface area contributed by atoms with Gasteiger partial charge in [0.25, 0.3) is 0 Å². The van der Waals surface area contributed by atoms with Gasteiger partial charge in [0.1, 0.15) is 5.25 Å². The Morgan fingerprint density at radius 1 is 1.36 bits per heavy atom. The Bertz CT molecular complexity index is 445. The van der Waals surface area contributed by atoms with Crippen molar-refractivity contribution in [1.29, 1.82) is 0 Å². The molecule has 14 heavy (non-hydrogen) atoms. The minimum atomic E-state index is -4.54. The second kappa shape index (κ2) is 4.28. The quantitative estimate of drug-likeness (QED) is 0.768. The summed E-state index contributed by atoms with van der Waals surface area (Å²) < 4.78 is 35.4. The second-order valence-electron chi connectivity index (χ2n) is 2.78. The van der Waals surface area contributed by atoms with Gasteiger partial charge in [-0.1, -0.05) is 37.9 Å². The molecule has 0 bridgehead atoms. The summed E-state index contributed by atoms with van der Waals surface area (Å²) in [5.41, 5.74) is 0.413. The van der Waals surface area contributed by atoms with E-state index in [9.17, 15) is 12.3 Å². The maximum Gasteiger partial charge on any atom is 0.309 e. The van der Waals surface area contributed by atoms with Crippen molar-refractivity contribution in [3.8, 4) is 0 Å². The van der Waals surface area contributed by atoms with E-state index in [1.54, 1.807) is 18.2 Å². The fraction of sp³-hybridized carbons (Fsp3) is 0.250. The summed E-state index contributed by atoms with van der Waals surface area (Å²) in [6, 6.07) is 4.91. The fourth-order valence-corrected chi connectivity index (χ4v) is 3.03.